The molecule has 0 spiro atoms. The van der Waals surface area contributed by atoms with Crippen LogP contribution in [-0.4, -0.2) is 24.7 Å². The third-order valence-electron chi connectivity index (χ3n) is 4.51. The Morgan fingerprint density at radius 2 is 1.96 bits per heavy atom. The molecule has 1 fully saturated rings. The first kappa shape index (κ1) is 15.0. The van der Waals surface area contributed by atoms with Crippen molar-refractivity contribution in [1.29, 1.82) is 0 Å². The van der Waals surface area contributed by atoms with Gasteiger partial charge in [-0.3, -0.25) is 0 Å². The van der Waals surface area contributed by atoms with Gasteiger partial charge in [0.05, 0.1) is 11.4 Å². The van der Waals surface area contributed by atoms with Crippen LogP contribution in [0.4, 0.5) is 11.4 Å². The summed E-state index contributed by atoms with van der Waals surface area (Å²) < 4.78 is 11.2. The molecule has 1 aromatic heterocycles. The summed E-state index contributed by atoms with van der Waals surface area (Å²) in [6.07, 6.45) is 2.21. The topological polar surface area (TPSA) is 73.3 Å². The van der Waals surface area contributed by atoms with Gasteiger partial charge in [0, 0.05) is 25.3 Å². The largest absolute Gasteiger partial charge is 0.436 e. The number of hydrogen-bond acceptors (Lipinski definition) is 5. The van der Waals surface area contributed by atoms with Crippen molar-refractivity contribution >= 4 is 22.5 Å². The van der Waals surface area contributed by atoms with Crippen molar-refractivity contribution in [2.45, 2.75) is 12.8 Å². The third kappa shape index (κ3) is 3.08. The lowest BCUT2D eigenvalue weighted by Gasteiger charge is -2.23. The molecular weight excluding hydrogens is 302 g/mol. The first-order chi connectivity index (χ1) is 11.8. The van der Waals surface area contributed by atoms with Gasteiger partial charge in [0.2, 0.25) is 5.89 Å². The second-order valence-electron chi connectivity index (χ2n) is 6.23. The molecule has 2 aromatic carbocycles. The summed E-state index contributed by atoms with van der Waals surface area (Å²) in [5, 5.41) is 3.46. The summed E-state index contributed by atoms with van der Waals surface area (Å²) in [6, 6.07) is 13.7. The molecular formula is C19H21N3O2. The van der Waals surface area contributed by atoms with Gasteiger partial charge >= 0.3 is 0 Å². The van der Waals surface area contributed by atoms with E-state index < -0.39 is 0 Å². The Morgan fingerprint density at radius 1 is 1.12 bits per heavy atom. The van der Waals surface area contributed by atoms with Gasteiger partial charge in [-0.25, -0.2) is 4.98 Å². The summed E-state index contributed by atoms with van der Waals surface area (Å²) >= 11 is 0. The van der Waals surface area contributed by atoms with Crippen molar-refractivity contribution in [2.75, 3.05) is 30.8 Å². The maximum absolute atomic E-state index is 6.21. The molecule has 0 unspecified atom stereocenters. The van der Waals surface area contributed by atoms with Crippen LogP contribution in [0.25, 0.3) is 22.6 Å². The first-order valence-corrected chi connectivity index (χ1v) is 8.37. The molecule has 1 saturated heterocycles. The predicted octanol–water partition coefficient (Wildman–Crippen LogP) is 3.92. The molecule has 4 rings (SSSR count). The van der Waals surface area contributed by atoms with Gasteiger partial charge in [-0.2, -0.15) is 0 Å². The number of fused-ring (bicyclic) bond motifs is 1. The minimum absolute atomic E-state index is 0.596. The highest BCUT2D eigenvalue weighted by Crippen LogP contribution is 2.29. The standard InChI is InChI=1S/C19H21N3O2/c20-15-11-14(19-22-17-3-1-2-4-18(17)24-19)5-6-16(15)21-12-13-7-9-23-10-8-13/h1-6,11,13,21H,7-10,12,20H2. The minimum Gasteiger partial charge on any atom is -0.436 e. The number of oxazole rings is 1. The van der Waals surface area contributed by atoms with Gasteiger partial charge in [-0.1, -0.05) is 12.1 Å². The van der Waals surface area contributed by atoms with Crippen LogP contribution in [0.1, 0.15) is 12.8 Å². The molecule has 5 heteroatoms. The van der Waals surface area contributed by atoms with Gasteiger partial charge in [-0.15, -0.1) is 0 Å². The molecule has 0 radical (unpaired) electrons. The molecule has 0 atom stereocenters. The monoisotopic (exact) mass is 323 g/mol. The van der Waals surface area contributed by atoms with Crippen molar-refractivity contribution in [3.05, 3.63) is 42.5 Å². The molecule has 3 N–H and O–H groups in total. The van der Waals surface area contributed by atoms with E-state index in [0.717, 1.165) is 55.0 Å². The van der Waals surface area contributed by atoms with Crippen LogP contribution in [0.2, 0.25) is 0 Å². The number of anilines is 2. The molecule has 0 amide bonds. The van der Waals surface area contributed by atoms with Gasteiger partial charge in [0.15, 0.2) is 5.58 Å². The quantitative estimate of drug-likeness (QED) is 0.712. The number of aromatic nitrogens is 1. The molecule has 5 nitrogen and oxygen atoms in total. The third-order valence-corrected chi connectivity index (χ3v) is 4.51. The van der Waals surface area contributed by atoms with Gasteiger partial charge in [-0.05, 0) is 49.1 Å². The predicted molar refractivity (Wildman–Crippen MR) is 95.9 cm³/mol. The number of ether oxygens (including phenoxy) is 1. The van der Waals surface area contributed by atoms with Crippen LogP contribution >= 0.6 is 0 Å². The van der Waals surface area contributed by atoms with Crippen LogP contribution in [0.15, 0.2) is 46.9 Å². The first-order valence-electron chi connectivity index (χ1n) is 8.37. The van der Waals surface area contributed by atoms with Gasteiger partial charge in [0.25, 0.3) is 0 Å². The fourth-order valence-corrected chi connectivity index (χ4v) is 3.06. The lowest BCUT2D eigenvalue weighted by Crippen LogP contribution is -2.22. The fraction of sp³-hybridized carbons (Fsp3) is 0.316. The number of nitrogens with two attached hydrogens (primary N) is 1. The van der Waals surface area contributed by atoms with Crippen LogP contribution in [0, 0.1) is 5.92 Å². The molecule has 124 valence electrons. The highest BCUT2D eigenvalue weighted by Gasteiger charge is 2.14. The highest BCUT2D eigenvalue weighted by molar-refractivity contribution is 5.78. The van der Waals surface area contributed by atoms with Crippen molar-refractivity contribution in [2.24, 2.45) is 5.92 Å². The van der Waals surface area contributed by atoms with Crippen molar-refractivity contribution in [1.82, 2.24) is 4.98 Å². The van der Waals surface area contributed by atoms with Crippen molar-refractivity contribution in [3.63, 3.8) is 0 Å². The van der Waals surface area contributed by atoms with Crippen molar-refractivity contribution in [3.8, 4) is 11.5 Å². The Bertz CT molecular complexity index is 804. The second-order valence-corrected chi connectivity index (χ2v) is 6.23. The number of nitrogens with zero attached hydrogens (tertiary/aromatic N) is 1. The zero-order valence-corrected chi connectivity index (χ0v) is 13.5. The van der Waals surface area contributed by atoms with Gasteiger partial charge in [0.1, 0.15) is 5.52 Å². The molecule has 3 aromatic rings. The number of para-hydroxylation sites is 2. The zero-order valence-electron chi connectivity index (χ0n) is 13.5. The fourth-order valence-electron chi connectivity index (χ4n) is 3.06. The van der Waals surface area contributed by atoms with Crippen LogP contribution in [-0.2, 0) is 4.74 Å². The molecule has 0 bridgehead atoms. The maximum atomic E-state index is 6.21. The molecule has 2 heterocycles. The second kappa shape index (κ2) is 6.53. The summed E-state index contributed by atoms with van der Waals surface area (Å²) in [6.45, 7) is 2.65. The summed E-state index contributed by atoms with van der Waals surface area (Å²) in [5.41, 5.74) is 10.4. The van der Waals surface area contributed by atoms with Crippen molar-refractivity contribution < 1.29 is 9.15 Å². The zero-order chi connectivity index (χ0) is 16.4. The average molecular weight is 323 g/mol. The van der Waals surface area contributed by atoms with E-state index in [1.807, 2.05) is 42.5 Å². The van der Waals surface area contributed by atoms with Crippen LogP contribution in [0.3, 0.4) is 0 Å². The number of nitrogens with one attached hydrogen (secondary N) is 1. The van der Waals surface area contributed by atoms with E-state index in [1.54, 1.807) is 0 Å². The molecule has 1 aliphatic heterocycles. The SMILES string of the molecule is Nc1cc(-c2nc3ccccc3o2)ccc1NCC1CCOCC1. The Labute approximate surface area is 140 Å². The molecule has 0 aliphatic carbocycles. The van der Waals surface area contributed by atoms with E-state index in [1.165, 1.54) is 0 Å². The van der Waals surface area contributed by atoms with Gasteiger partial charge < -0.3 is 20.2 Å². The Morgan fingerprint density at radius 3 is 2.75 bits per heavy atom. The normalized spacial score (nSPS) is 15.7. The Balaban J connectivity index is 1.50. The van der Waals surface area contributed by atoms with E-state index in [4.69, 9.17) is 14.9 Å². The van der Waals surface area contributed by atoms with E-state index in [9.17, 15) is 0 Å². The molecule has 0 saturated carbocycles. The lowest BCUT2D eigenvalue weighted by molar-refractivity contribution is 0.0699. The maximum Gasteiger partial charge on any atom is 0.227 e. The summed E-state index contributed by atoms with van der Waals surface area (Å²) in [5.74, 6) is 1.24. The number of nitrogen functional groups attached to an aromatic ring is 1. The smallest absolute Gasteiger partial charge is 0.227 e. The summed E-state index contributed by atoms with van der Waals surface area (Å²) in [7, 11) is 0. The number of benzene rings is 2. The van der Waals surface area contributed by atoms with Crippen LogP contribution < -0.4 is 11.1 Å². The molecule has 24 heavy (non-hydrogen) atoms. The Kier molecular flexibility index (Phi) is 4.09. The van der Waals surface area contributed by atoms with E-state index in [-0.39, 0.29) is 0 Å². The number of hydrogen-bond donors (Lipinski definition) is 2. The summed E-state index contributed by atoms with van der Waals surface area (Å²) in [4.78, 5) is 4.52. The minimum atomic E-state index is 0.596. The molecule has 1 aliphatic rings. The lowest BCUT2D eigenvalue weighted by atomic mass is 10.0. The van der Waals surface area contributed by atoms with Crippen LogP contribution in [0.5, 0.6) is 0 Å². The Hall–Kier alpha value is -2.53. The average Bonchev–Trinajstić information content (AvgIpc) is 3.06. The van der Waals surface area contributed by atoms with E-state index >= 15 is 0 Å². The highest BCUT2D eigenvalue weighted by atomic mass is 16.5. The van der Waals surface area contributed by atoms with E-state index in [0.29, 0.717) is 17.5 Å². The number of rotatable bonds is 4. The van der Waals surface area contributed by atoms with E-state index in [2.05, 4.69) is 10.3 Å².